The normalized spacial score (nSPS) is 23.7. The Morgan fingerprint density at radius 1 is 1.30 bits per heavy atom. The molecule has 2 aromatic rings. The average molecular weight is 292 g/mol. The minimum absolute atomic E-state index is 0.146. The number of thiazole rings is 1. The van der Waals surface area contributed by atoms with E-state index in [1.165, 1.54) is 19.3 Å². The molecule has 1 saturated carbocycles. The zero-order valence-corrected chi connectivity index (χ0v) is 12.5. The third kappa shape index (κ3) is 3.07. The Hall–Kier alpha value is -1.27. The number of nitrogens with two attached hydrogens (primary N) is 1. The van der Waals surface area contributed by atoms with Gasteiger partial charge in [-0.15, -0.1) is 11.3 Å². The van der Waals surface area contributed by atoms with Crippen LogP contribution in [0.25, 0.3) is 0 Å². The Morgan fingerprint density at radius 3 is 2.95 bits per heavy atom. The van der Waals surface area contributed by atoms with Crippen LogP contribution in [0.15, 0.2) is 9.90 Å². The van der Waals surface area contributed by atoms with Crippen molar-refractivity contribution < 1.29 is 4.52 Å². The standard InChI is InChI=1S/C14H20N4OS/c1-9-16-10(8-20-9)7-13-17-14(19-18-13)11-5-3-2-4-6-12(11)15/h8,11-12H,2-7,15H2,1H3. The van der Waals surface area contributed by atoms with E-state index in [4.69, 9.17) is 10.3 Å². The highest BCUT2D eigenvalue weighted by molar-refractivity contribution is 7.09. The molecule has 0 aliphatic heterocycles. The van der Waals surface area contributed by atoms with Crippen molar-refractivity contribution in [1.82, 2.24) is 15.1 Å². The van der Waals surface area contributed by atoms with Gasteiger partial charge < -0.3 is 10.3 Å². The second-order valence-electron chi connectivity index (χ2n) is 5.49. The topological polar surface area (TPSA) is 77.8 Å². The summed E-state index contributed by atoms with van der Waals surface area (Å²) in [6, 6.07) is 0.146. The SMILES string of the molecule is Cc1nc(Cc2noc(C3CCCCCC3N)n2)cs1. The van der Waals surface area contributed by atoms with Crippen LogP contribution < -0.4 is 5.73 Å². The first-order valence-corrected chi connectivity index (χ1v) is 8.09. The average Bonchev–Trinajstić information content (AvgIpc) is 2.98. The summed E-state index contributed by atoms with van der Waals surface area (Å²) in [5.41, 5.74) is 7.24. The van der Waals surface area contributed by atoms with Gasteiger partial charge in [-0.3, -0.25) is 0 Å². The van der Waals surface area contributed by atoms with Crippen LogP contribution in [0.5, 0.6) is 0 Å². The molecule has 2 atom stereocenters. The molecule has 1 fully saturated rings. The lowest BCUT2D eigenvalue weighted by Gasteiger charge is -2.16. The van der Waals surface area contributed by atoms with E-state index in [1.54, 1.807) is 11.3 Å². The molecule has 3 rings (SSSR count). The van der Waals surface area contributed by atoms with E-state index in [0.29, 0.717) is 18.1 Å². The molecular weight excluding hydrogens is 272 g/mol. The second kappa shape index (κ2) is 6.01. The molecule has 2 heterocycles. The first kappa shape index (κ1) is 13.7. The van der Waals surface area contributed by atoms with Gasteiger partial charge in [-0.05, 0) is 19.8 Å². The summed E-state index contributed by atoms with van der Waals surface area (Å²) in [5.74, 6) is 1.64. The Labute approximate surface area is 122 Å². The van der Waals surface area contributed by atoms with Gasteiger partial charge in [0.05, 0.1) is 23.0 Å². The number of nitrogens with zero attached hydrogens (tertiary/aromatic N) is 3. The Bertz CT molecular complexity index is 565. The fourth-order valence-electron chi connectivity index (χ4n) is 2.78. The Morgan fingerprint density at radius 2 is 2.15 bits per heavy atom. The van der Waals surface area contributed by atoms with Crippen LogP contribution in [0, 0.1) is 6.92 Å². The predicted molar refractivity (Wildman–Crippen MR) is 77.8 cm³/mol. The third-order valence-electron chi connectivity index (χ3n) is 3.88. The summed E-state index contributed by atoms with van der Waals surface area (Å²) in [6.45, 7) is 2.00. The lowest BCUT2D eigenvalue weighted by molar-refractivity contribution is 0.323. The Balaban J connectivity index is 1.72. The van der Waals surface area contributed by atoms with Crippen LogP contribution in [0.4, 0.5) is 0 Å². The van der Waals surface area contributed by atoms with E-state index in [1.807, 2.05) is 12.3 Å². The number of aromatic nitrogens is 3. The molecule has 108 valence electrons. The first-order chi connectivity index (χ1) is 9.72. The lowest BCUT2D eigenvalue weighted by atomic mass is 9.95. The van der Waals surface area contributed by atoms with Gasteiger partial charge in [0, 0.05) is 11.4 Å². The summed E-state index contributed by atoms with van der Waals surface area (Å²) in [5, 5.41) is 7.19. The van der Waals surface area contributed by atoms with Crippen LogP contribution in [0.2, 0.25) is 0 Å². The van der Waals surface area contributed by atoms with Gasteiger partial charge >= 0.3 is 0 Å². The summed E-state index contributed by atoms with van der Waals surface area (Å²) in [4.78, 5) is 8.97. The van der Waals surface area contributed by atoms with Gasteiger partial charge in [-0.2, -0.15) is 4.98 Å². The summed E-state index contributed by atoms with van der Waals surface area (Å²) in [6.07, 6.45) is 6.39. The van der Waals surface area contributed by atoms with Gasteiger partial charge in [0.1, 0.15) is 0 Å². The van der Waals surface area contributed by atoms with Crippen LogP contribution in [-0.4, -0.2) is 21.2 Å². The number of rotatable bonds is 3. The van der Waals surface area contributed by atoms with Crippen LogP contribution in [0.1, 0.15) is 60.4 Å². The highest BCUT2D eigenvalue weighted by Crippen LogP contribution is 2.30. The molecule has 0 amide bonds. The van der Waals surface area contributed by atoms with E-state index in [0.717, 1.165) is 23.5 Å². The van der Waals surface area contributed by atoms with Crippen molar-refractivity contribution in [3.8, 4) is 0 Å². The smallest absolute Gasteiger partial charge is 0.231 e. The monoisotopic (exact) mass is 292 g/mol. The molecule has 1 aliphatic carbocycles. The Kier molecular flexibility index (Phi) is 4.12. The predicted octanol–water partition coefficient (Wildman–Crippen LogP) is 2.80. The molecule has 0 radical (unpaired) electrons. The zero-order chi connectivity index (χ0) is 13.9. The maximum absolute atomic E-state index is 6.24. The molecule has 1 aliphatic rings. The number of hydrogen-bond acceptors (Lipinski definition) is 6. The molecule has 0 bridgehead atoms. The van der Waals surface area contributed by atoms with Crippen molar-refractivity contribution in [2.75, 3.05) is 0 Å². The summed E-state index contributed by atoms with van der Waals surface area (Å²) < 4.78 is 5.44. The van der Waals surface area contributed by atoms with Gasteiger partial charge in [-0.25, -0.2) is 4.98 Å². The van der Waals surface area contributed by atoms with Gasteiger partial charge in [0.2, 0.25) is 5.89 Å². The first-order valence-electron chi connectivity index (χ1n) is 7.21. The van der Waals surface area contributed by atoms with Gasteiger partial charge in [-0.1, -0.05) is 24.4 Å². The molecule has 2 N–H and O–H groups in total. The van der Waals surface area contributed by atoms with Crippen LogP contribution in [-0.2, 0) is 6.42 Å². The molecule has 5 nitrogen and oxygen atoms in total. The maximum Gasteiger partial charge on any atom is 0.231 e. The summed E-state index contributed by atoms with van der Waals surface area (Å²) in [7, 11) is 0. The fourth-order valence-corrected chi connectivity index (χ4v) is 3.40. The molecule has 0 saturated heterocycles. The largest absolute Gasteiger partial charge is 0.339 e. The molecule has 20 heavy (non-hydrogen) atoms. The highest BCUT2D eigenvalue weighted by Gasteiger charge is 2.27. The van der Waals surface area contributed by atoms with Gasteiger partial charge in [0.25, 0.3) is 0 Å². The minimum Gasteiger partial charge on any atom is -0.339 e. The lowest BCUT2D eigenvalue weighted by Crippen LogP contribution is -2.27. The van der Waals surface area contributed by atoms with E-state index in [2.05, 4.69) is 15.1 Å². The van der Waals surface area contributed by atoms with E-state index in [-0.39, 0.29) is 12.0 Å². The zero-order valence-electron chi connectivity index (χ0n) is 11.7. The van der Waals surface area contributed by atoms with Crippen LogP contribution in [0.3, 0.4) is 0 Å². The molecule has 6 heteroatoms. The fraction of sp³-hybridized carbons (Fsp3) is 0.643. The van der Waals surface area contributed by atoms with Gasteiger partial charge in [0.15, 0.2) is 5.82 Å². The molecular formula is C14H20N4OS. The second-order valence-corrected chi connectivity index (χ2v) is 6.55. The molecule has 2 unspecified atom stereocenters. The maximum atomic E-state index is 6.24. The van der Waals surface area contributed by atoms with Crippen molar-refractivity contribution in [2.45, 2.75) is 57.4 Å². The molecule has 0 aromatic carbocycles. The van der Waals surface area contributed by atoms with Crippen molar-refractivity contribution in [3.05, 3.63) is 27.8 Å². The molecule has 2 aromatic heterocycles. The minimum atomic E-state index is 0.146. The van der Waals surface area contributed by atoms with Crippen molar-refractivity contribution in [2.24, 2.45) is 5.73 Å². The number of hydrogen-bond donors (Lipinski definition) is 1. The number of aryl methyl sites for hydroxylation is 1. The van der Waals surface area contributed by atoms with Crippen molar-refractivity contribution in [3.63, 3.8) is 0 Å². The van der Waals surface area contributed by atoms with E-state index < -0.39 is 0 Å². The van der Waals surface area contributed by atoms with Crippen molar-refractivity contribution >= 4 is 11.3 Å². The quantitative estimate of drug-likeness (QED) is 0.880. The highest BCUT2D eigenvalue weighted by atomic mass is 32.1. The van der Waals surface area contributed by atoms with Crippen molar-refractivity contribution in [1.29, 1.82) is 0 Å². The summed E-state index contributed by atoms with van der Waals surface area (Å²) >= 11 is 1.64. The van der Waals surface area contributed by atoms with Crippen LogP contribution >= 0.6 is 11.3 Å². The third-order valence-corrected chi connectivity index (χ3v) is 4.70. The van der Waals surface area contributed by atoms with E-state index in [9.17, 15) is 0 Å². The van der Waals surface area contributed by atoms with E-state index >= 15 is 0 Å². The molecule has 0 spiro atoms.